The van der Waals surface area contributed by atoms with E-state index in [0.717, 1.165) is 31.0 Å². The third-order valence-electron chi connectivity index (χ3n) is 6.65. The van der Waals surface area contributed by atoms with Crippen LogP contribution in [0.2, 0.25) is 0 Å². The van der Waals surface area contributed by atoms with Gasteiger partial charge in [0.2, 0.25) is 0 Å². The van der Waals surface area contributed by atoms with E-state index in [1.807, 2.05) is 0 Å². The molecule has 0 unspecified atom stereocenters. The number of hydrogen-bond donors (Lipinski definition) is 4. The van der Waals surface area contributed by atoms with Gasteiger partial charge in [-0.3, -0.25) is 10.1 Å². The Morgan fingerprint density at radius 3 is 2.67 bits per heavy atom. The van der Waals surface area contributed by atoms with E-state index in [9.17, 15) is 18.4 Å². The number of carbonyl (C=O) groups is 2. The lowest BCUT2D eigenvalue weighted by molar-refractivity contribution is 0.102. The highest BCUT2D eigenvalue weighted by Crippen LogP contribution is 2.39. The van der Waals surface area contributed by atoms with Gasteiger partial charge in [-0.1, -0.05) is 23.8 Å². The van der Waals surface area contributed by atoms with E-state index in [1.165, 1.54) is 49.8 Å². The van der Waals surface area contributed by atoms with Gasteiger partial charge < -0.3 is 26.0 Å². The maximum absolute atomic E-state index is 14.8. The molecule has 5 N–H and O–H groups in total. The van der Waals surface area contributed by atoms with Crippen molar-refractivity contribution in [3.8, 4) is 26.9 Å². The number of piperidine rings is 1. The van der Waals surface area contributed by atoms with Crippen LogP contribution in [-0.2, 0) is 0 Å². The van der Waals surface area contributed by atoms with E-state index in [1.54, 1.807) is 23.6 Å². The van der Waals surface area contributed by atoms with Gasteiger partial charge in [0.1, 0.15) is 33.1 Å². The van der Waals surface area contributed by atoms with Gasteiger partial charge in [-0.05, 0) is 50.2 Å². The zero-order valence-corrected chi connectivity index (χ0v) is 24.3. The number of aromatic nitrogens is 2. The van der Waals surface area contributed by atoms with E-state index >= 15 is 0 Å². The summed E-state index contributed by atoms with van der Waals surface area (Å²) in [5.74, 6) is -1.73. The molecule has 14 heteroatoms. The molecular weight excluding hydrogens is 584 g/mol. The summed E-state index contributed by atoms with van der Waals surface area (Å²) in [5.41, 5.74) is 6.37. The van der Waals surface area contributed by atoms with Crippen molar-refractivity contribution in [2.75, 3.05) is 49.7 Å². The predicted octanol–water partition coefficient (Wildman–Crippen LogP) is 5.66. The van der Waals surface area contributed by atoms with Crippen LogP contribution < -0.4 is 26.4 Å². The standard InChI is InChI=1S/C28H29F2N7O3S2/c1-40-17-7-5-6-16(12-17)25(38)33-21-13-18(19(29)14-20(21)30)22-15-41-26(34-22)23-24(31)35-28(42-23)36-27(39)32-8-11-37-9-3-2-4-10-37/h5-7,12-15H,2-4,8-11,31H2,1H3,(H,33,38)(H2,32,35,36,39). The first-order valence-electron chi connectivity index (χ1n) is 13.2. The number of ether oxygens (including phenoxy) is 1. The molecule has 0 saturated carbocycles. The second-order valence-corrected chi connectivity index (χ2v) is 11.4. The predicted molar refractivity (Wildman–Crippen MR) is 161 cm³/mol. The fraction of sp³-hybridized carbons (Fsp3) is 0.286. The van der Waals surface area contributed by atoms with Crippen LogP contribution in [0.5, 0.6) is 5.75 Å². The highest BCUT2D eigenvalue weighted by atomic mass is 32.1. The number of nitrogens with two attached hydrogens (primary N) is 1. The number of hydrogen-bond acceptors (Lipinski definition) is 9. The number of carbonyl (C=O) groups excluding carboxylic acids is 2. The first-order chi connectivity index (χ1) is 20.3. The number of methoxy groups -OCH3 is 1. The molecule has 1 fully saturated rings. The van der Waals surface area contributed by atoms with Gasteiger partial charge in [0.15, 0.2) is 5.13 Å². The summed E-state index contributed by atoms with van der Waals surface area (Å²) < 4.78 is 34.6. The molecule has 3 heterocycles. The van der Waals surface area contributed by atoms with Gasteiger partial charge in [-0.25, -0.2) is 23.5 Å². The lowest BCUT2D eigenvalue weighted by atomic mass is 10.1. The van der Waals surface area contributed by atoms with Crippen molar-refractivity contribution < 1.29 is 23.1 Å². The lowest BCUT2D eigenvalue weighted by Gasteiger charge is -2.26. The van der Waals surface area contributed by atoms with Gasteiger partial charge in [-0.15, -0.1) is 11.3 Å². The Morgan fingerprint density at radius 1 is 1.07 bits per heavy atom. The topological polar surface area (TPSA) is 134 Å². The first kappa shape index (κ1) is 29.4. The number of urea groups is 1. The van der Waals surface area contributed by atoms with Gasteiger partial charge in [-0.2, -0.15) is 0 Å². The molecule has 42 heavy (non-hydrogen) atoms. The highest BCUT2D eigenvalue weighted by molar-refractivity contribution is 7.23. The molecule has 1 aliphatic rings. The van der Waals surface area contributed by atoms with Crippen molar-refractivity contribution in [2.24, 2.45) is 0 Å². The van der Waals surface area contributed by atoms with Crippen molar-refractivity contribution >= 4 is 51.2 Å². The molecule has 0 spiro atoms. The van der Waals surface area contributed by atoms with Crippen molar-refractivity contribution in [3.63, 3.8) is 0 Å². The second-order valence-electron chi connectivity index (χ2n) is 9.55. The average molecular weight is 614 g/mol. The van der Waals surface area contributed by atoms with E-state index in [0.29, 0.717) is 33.4 Å². The minimum absolute atomic E-state index is 0.00522. The number of thiazole rings is 2. The number of nitrogens with one attached hydrogen (secondary N) is 3. The van der Waals surface area contributed by atoms with Crippen molar-refractivity contribution in [1.29, 1.82) is 0 Å². The minimum Gasteiger partial charge on any atom is -0.497 e. The molecule has 10 nitrogen and oxygen atoms in total. The summed E-state index contributed by atoms with van der Waals surface area (Å²) in [7, 11) is 1.47. The summed E-state index contributed by atoms with van der Waals surface area (Å²) in [5, 5.41) is 10.3. The number of likely N-dealkylation sites (tertiary alicyclic amines) is 1. The monoisotopic (exact) mass is 613 g/mol. The fourth-order valence-electron chi connectivity index (χ4n) is 4.49. The smallest absolute Gasteiger partial charge is 0.321 e. The maximum Gasteiger partial charge on any atom is 0.321 e. The first-order valence-corrected chi connectivity index (χ1v) is 14.9. The number of rotatable bonds is 9. The molecule has 5 rings (SSSR count). The molecule has 1 aliphatic heterocycles. The van der Waals surface area contributed by atoms with E-state index < -0.39 is 17.5 Å². The maximum atomic E-state index is 14.8. The summed E-state index contributed by atoms with van der Waals surface area (Å²) in [4.78, 5) is 36.6. The number of anilines is 3. The molecular formula is C28H29F2N7O3S2. The summed E-state index contributed by atoms with van der Waals surface area (Å²) >= 11 is 2.33. The molecule has 0 radical (unpaired) electrons. The van der Waals surface area contributed by atoms with Gasteiger partial charge in [0, 0.05) is 35.7 Å². The van der Waals surface area contributed by atoms with Crippen LogP contribution in [-0.4, -0.2) is 60.1 Å². The molecule has 4 aromatic rings. The van der Waals surface area contributed by atoms with Gasteiger partial charge in [0.05, 0.1) is 18.5 Å². The number of nitrogens with zero attached hydrogens (tertiary/aromatic N) is 3. The zero-order valence-electron chi connectivity index (χ0n) is 22.7. The molecule has 2 aromatic carbocycles. The summed E-state index contributed by atoms with van der Waals surface area (Å²) in [6.45, 7) is 3.40. The van der Waals surface area contributed by atoms with Crippen LogP contribution in [0, 0.1) is 11.6 Å². The Balaban J connectivity index is 1.26. The van der Waals surface area contributed by atoms with E-state index in [4.69, 9.17) is 10.5 Å². The second kappa shape index (κ2) is 13.2. The molecule has 0 bridgehead atoms. The number of nitrogen functional groups attached to an aromatic ring is 1. The Bertz CT molecular complexity index is 1590. The Morgan fingerprint density at radius 2 is 1.88 bits per heavy atom. The van der Waals surface area contributed by atoms with Crippen LogP contribution in [0.1, 0.15) is 29.6 Å². The minimum atomic E-state index is -0.931. The lowest BCUT2D eigenvalue weighted by Crippen LogP contribution is -2.39. The van der Waals surface area contributed by atoms with Crippen molar-refractivity contribution in [1.82, 2.24) is 20.2 Å². The molecule has 0 aliphatic carbocycles. The van der Waals surface area contributed by atoms with E-state index in [2.05, 4.69) is 30.8 Å². The quantitative estimate of drug-likeness (QED) is 0.191. The van der Waals surface area contributed by atoms with Crippen LogP contribution in [0.15, 0.2) is 41.8 Å². The van der Waals surface area contributed by atoms with Gasteiger partial charge >= 0.3 is 6.03 Å². The van der Waals surface area contributed by atoms with Crippen molar-refractivity contribution in [2.45, 2.75) is 19.3 Å². The SMILES string of the molecule is COc1cccc(C(=O)Nc2cc(-c3csc(-c4sc(NC(=O)NCCN5CCCCC5)nc4N)n3)c(F)cc2F)c1. The largest absolute Gasteiger partial charge is 0.497 e. The number of halogens is 2. The van der Waals surface area contributed by atoms with E-state index in [-0.39, 0.29) is 34.4 Å². The molecule has 3 amide bonds. The zero-order chi connectivity index (χ0) is 29.6. The average Bonchev–Trinajstić information content (AvgIpc) is 3.61. The Kier molecular flexibility index (Phi) is 9.25. The van der Waals surface area contributed by atoms with Crippen molar-refractivity contribution in [3.05, 3.63) is 59.0 Å². The molecule has 220 valence electrons. The summed E-state index contributed by atoms with van der Waals surface area (Å²) in [6, 6.07) is 7.87. The number of benzene rings is 2. The fourth-order valence-corrected chi connectivity index (χ4v) is 6.29. The van der Waals surface area contributed by atoms with Gasteiger partial charge in [0.25, 0.3) is 5.91 Å². The molecule has 2 aromatic heterocycles. The molecule has 1 saturated heterocycles. The van der Waals surface area contributed by atoms with Crippen LogP contribution >= 0.6 is 22.7 Å². The van der Waals surface area contributed by atoms with Crippen LogP contribution in [0.4, 0.5) is 30.2 Å². The normalized spacial score (nSPS) is 13.5. The van der Waals surface area contributed by atoms with Crippen LogP contribution in [0.25, 0.3) is 21.1 Å². The number of amides is 3. The Labute approximate surface area is 248 Å². The summed E-state index contributed by atoms with van der Waals surface area (Å²) in [6.07, 6.45) is 3.62. The highest BCUT2D eigenvalue weighted by Gasteiger charge is 2.20. The third kappa shape index (κ3) is 7.01. The Hall–Kier alpha value is -4.14. The third-order valence-corrected chi connectivity index (χ3v) is 8.63. The van der Waals surface area contributed by atoms with Crippen LogP contribution in [0.3, 0.4) is 0 Å². The molecule has 0 atom stereocenters.